The Morgan fingerprint density at radius 1 is 1.16 bits per heavy atom. The number of aromatic nitrogens is 1. The zero-order valence-electron chi connectivity index (χ0n) is 18.2. The Labute approximate surface area is 187 Å². The molecule has 2 aliphatic rings. The summed E-state index contributed by atoms with van der Waals surface area (Å²) in [7, 11) is 0. The first-order valence-electron chi connectivity index (χ1n) is 11.2. The highest BCUT2D eigenvalue weighted by atomic mass is 32.1. The van der Waals surface area contributed by atoms with Crippen molar-refractivity contribution in [2.75, 3.05) is 0 Å². The molecule has 2 amide bonds. The number of carbonyl (C=O) groups is 2. The summed E-state index contributed by atoms with van der Waals surface area (Å²) in [6.45, 7) is 4.88. The predicted octanol–water partition coefficient (Wildman–Crippen LogP) is 4.87. The summed E-state index contributed by atoms with van der Waals surface area (Å²) >= 11 is 1.63. The van der Waals surface area contributed by atoms with E-state index in [0.29, 0.717) is 18.8 Å². The first-order valence-corrected chi connectivity index (χ1v) is 12.1. The van der Waals surface area contributed by atoms with Gasteiger partial charge in [-0.15, -0.1) is 11.3 Å². The fraction of sp³-hybridized carbons (Fsp3) is 0.440. The van der Waals surface area contributed by atoms with Crippen molar-refractivity contribution in [2.45, 2.75) is 70.6 Å². The topological polar surface area (TPSA) is 54.3 Å². The fourth-order valence-electron chi connectivity index (χ4n) is 4.97. The Kier molecular flexibility index (Phi) is 5.13. The quantitative estimate of drug-likeness (QED) is 0.635. The highest BCUT2D eigenvalue weighted by Crippen LogP contribution is 2.35. The Morgan fingerprint density at radius 2 is 1.90 bits per heavy atom. The van der Waals surface area contributed by atoms with Crippen LogP contribution in [0.5, 0.6) is 0 Å². The molecule has 5 nitrogen and oxygen atoms in total. The molecule has 1 atom stereocenters. The zero-order chi connectivity index (χ0) is 21.6. The number of carbonyl (C=O) groups excluding carboxylic acids is 2. The first-order chi connectivity index (χ1) is 15.0. The molecule has 1 aliphatic carbocycles. The van der Waals surface area contributed by atoms with Gasteiger partial charge in [-0.3, -0.25) is 9.59 Å². The predicted molar refractivity (Wildman–Crippen MR) is 124 cm³/mol. The van der Waals surface area contributed by atoms with Crippen LogP contribution < -0.4 is 5.32 Å². The van der Waals surface area contributed by atoms with E-state index in [-0.39, 0.29) is 17.9 Å². The molecule has 3 aromatic rings. The van der Waals surface area contributed by atoms with Crippen LogP contribution in [-0.4, -0.2) is 32.9 Å². The largest absolute Gasteiger partial charge is 0.351 e. The van der Waals surface area contributed by atoms with Gasteiger partial charge >= 0.3 is 0 Å². The van der Waals surface area contributed by atoms with E-state index < -0.39 is 5.54 Å². The van der Waals surface area contributed by atoms with Crippen LogP contribution in [0, 0.1) is 6.92 Å². The van der Waals surface area contributed by atoms with Crippen molar-refractivity contribution < 1.29 is 9.59 Å². The minimum Gasteiger partial charge on any atom is -0.351 e. The van der Waals surface area contributed by atoms with Gasteiger partial charge in [0, 0.05) is 18.0 Å². The molecule has 0 radical (unpaired) electrons. The number of benzene rings is 1. The molecule has 0 spiro atoms. The second-order valence-electron chi connectivity index (χ2n) is 9.26. The summed E-state index contributed by atoms with van der Waals surface area (Å²) in [4.78, 5) is 30.2. The highest BCUT2D eigenvalue weighted by molar-refractivity contribution is 7.16. The second kappa shape index (κ2) is 7.83. The standard InChI is InChI=1S/C25H29N3O2S/c1-17-8-10-18(11-9-17)15-28-22(29)21-14-19-12-13-31-23(19)27(21)16-25(28,2)24(30)26-20-6-4-3-5-7-20/h8-14,20H,3-7,15-16H2,1-2H3,(H,26,30). The Balaban J connectivity index is 1.52. The maximum atomic E-state index is 13.7. The molecular weight excluding hydrogens is 406 g/mol. The summed E-state index contributed by atoms with van der Waals surface area (Å²) in [6, 6.07) is 12.4. The van der Waals surface area contributed by atoms with Gasteiger partial charge in [0.05, 0.1) is 6.54 Å². The molecular formula is C25H29N3O2S. The molecule has 5 rings (SSSR count). The van der Waals surface area contributed by atoms with E-state index in [1.165, 1.54) is 12.0 Å². The lowest BCUT2D eigenvalue weighted by molar-refractivity contribution is -0.134. The third-order valence-electron chi connectivity index (χ3n) is 6.92. The van der Waals surface area contributed by atoms with Gasteiger partial charge in [0.15, 0.2) is 0 Å². The number of nitrogens with one attached hydrogen (secondary N) is 1. The monoisotopic (exact) mass is 435 g/mol. The maximum absolute atomic E-state index is 13.7. The van der Waals surface area contributed by atoms with E-state index >= 15 is 0 Å². The molecule has 1 aliphatic heterocycles. The number of hydrogen-bond donors (Lipinski definition) is 1. The van der Waals surface area contributed by atoms with E-state index in [1.54, 1.807) is 16.2 Å². The van der Waals surface area contributed by atoms with Crippen molar-refractivity contribution in [3.05, 3.63) is 58.6 Å². The van der Waals surface area contributed by atoms with Gasteiger partial charge < -0.3 is 14.8 Å². The summed E-state index contributed by atoms with van der Waals surface area (Å²) in [5, 5.41) is 6.41. The molecule has 1 saturated carbocycles. The smallest absolute Gasteiger partial charge is 0.271 e. The lowest BCUT2D eigenvalue weighted by Gasteiger charge is -2.44. The molecule has 162 valence electrons. The van der Waals surface area contributed by atoms with Crippen LogP contribution in [-0.2, 0) is 17.9 Å². The summed E-state index contributed by atoms with van der Waals surface area (Å²) < 4.78 is 2.05. The van der Waals surface area contributed by atoms with E-state index in [0.717, 1.165) is 41.5 Å². The third kappa shape index (κ3) is 3.57. The molecule has 0 bridgehead atoms. The normalized spacial score (nSPS) is 22.0. The molecule has 1 aromatic carbocycles. The maximum Gasteiger partial charge on any atom is 0.271 e. The summed E-state index contributed by atoms with van der Waals surface area (Å²) in [5.41, 5.74) is 1.96. The Bertz CT molecular complexity index is 1120. The van der Waals surface area contributed by atoms with Crippen LogP contribution in [0.3, 0.4) is 0 Å². The van der Waals surface area contributed by atoms with Crippen molar-refractivity contribution in [2.24, 2.45) is 0 Å². The molecule has 2 aromatic heterocycles. The van der Waals surface area contributed by atoms with Crippen molar-refractivity contribution in [3.63, 3.8) is 0 Å². The van der Waals surface area contributed by atoms with Gasteiger partial charge in [-0.05, 0) is 49.8 Å². The Hall–Kier alpha value is -2.60. The average Bonchev–Trinajstić information content (AvgIpc) is 3.36. The molecule has 31 heavy (non-hydrogen) atoms. The van der Waals surface area contributed by atoms with Crippen LogP contribution in [0.2, 0.25) is 0 Å². The fourth-order valence-corrected chi connectivity index (χ4v) is 5.87. The van der Waals surface area contributed by atoms with E-state index in [1.807, 2.05) is 36.6 Å². The van der Waals surface area contributed by atoms with Crippen LogP contribution in [0.25, 0.3) is 10.2 Å². The van der Waals surface area contributed by atoms with Gasteiger partial charge in [0.25, 0.3) is 5.91 Å². The molecule has 1 N–H and O–H groups in total. The first kappa shape index (κ1) is 20.3. The van der Waals surface area contributed by atoms with Crippen molar-refractivity contribution in [1.29, 1.82) is 0 Å². The van der Waals surface area contributed by atoms with E-state index in [4.69, 9.17) is 0 Å². The third-order valence-corrected chi connectivity index (χ3v) is 7.87. The van der Waals surface area contributed by atoms with Gasteiger partial charge in [-0.1, -0.05) is 49.1 Å². The number of fused-ring (bicyclic) bond motifs is 3. The van der Waals surface area contributed by atoms with Gasteiger partial charge in [0.1, 0.15) is 16.1 Å². The molecule has 6 heteroatoms. The van der Waals surface area contributed by atoms with Gasteiger partial charge in [-0.2, -0.15) is 0 Å². The van der Waals surface area contributed by atoms with Crippen LogP contribution in [0.15, 0.2) is 41.8 Å². The molecule has 1 fully saturated rings. The van der Waals surface area contributed by atoms with Gasteiger partial charge in [-0.25, -0.2) is 0 Å². The number of hydrogen-bond acceptors (Lipinski definition) is 3. The summed E-state index contributed by atoms with van der Waals surface area (Å²) in [5.74, 6) is -0.111. The lowest BCUT2D eigenvalue weighted by Crippen LogP contribution is -2.64. The minimum absolute atomic E-state index is 0.0380. The van der Waals surface area contributed by atoms with E-state index in [9.17, 15) is 9.59 Å². The van der Waals surface area contributed by atoms with Crippen LogP contribution >= 0.6 is 11.3 Å². The summed E-state index contributed by atoms with van der Waals surface area (Å²) in [6.07, 6.45) is 5.61. The minimum atomic E-state index is -0.942. The number of thiophene rings is 1. The number of nitrogens with zero attached hydrogens (tertiary/aromatic N) is 2. The molecule has 1 unspecified atom stereocenters. The van der Waals surface area contributed by atoms with Crippen molar-refractivity contribution in [1.82, 2.24) is 14.8 Å². The second-order valence-corrected chi connectivity index (χ2v) is 10.2. The lowest BCUT2D eigenvalue weighted by atomic mass is 9.91. The Morgan fingerprint density at radius 3 is 2.65 bits per heavy atom. The number of rotatable bonds is 4. The zero-order valence-corrected chi connectivity index (χ0v) is 19.0. The number of aryl methyl sites for hydroxylation is 1. The SMILES string of the molecule is Cc1ccc(CN2C(=O)c3cc4ccsc4n3CC2(C)C(=O)NC2CCCCC2)cc1. The highest BCUT2D eigenvalue weighted by Gasteiger charge is 2.48. The van der Waals surface area contributed by atoms with Crippen molar-refractivity contribution >= 4 is 33.4 Å². The van der Waals surface area contributed by atoms with Gasteiger partial charge in [0.2, 0.25) is 5.91 Å². The van der Waals surface area contributed by atoms with Crippen molar-refractivity contribution in [3.8, 4) is 0 Å². The molecule has 3 heterocycles. The molecule has 0 saturated heterocycles. The van der Waals surface area contributed by atoms with Crippen LogP contribution in [0.4, 0.5) is 0 Å². The van der Waals surface area contributed by atoms with E-state index in [2.05, 4.69) is 28.9 Å². The number of amides is 2. The average molecular weight is 436 g/mol. The van der Waals surface area contributed by atoms with Crippen LogP contribution in [0.1, 0.15) is 60.6 Å².